The summed E-state index contributed by atoms with van der Waals surface area (Å²) in [6, 6.07) is 3.67. The highest BCUT2D eigenvalue weighted by molar-refractivity contribution is 7.80. The van der Waals surface area contributed by atoms with Crippen LogP contribution in [0.15, 0.2) is 18.3 Å². The van der Waals surface area contributed by atoms with Crippen molar-refractivity contribution < 1.29 is 9.53 Å². The number of anilines is 1. The molecule has 0 fully saturated rings. The van der Waals surface area contributed by atoms with Gasteiger partial charge in [-0.25, -0.2) is 0 Å². The first-order chi connectivity index (χ1) is 8.47. The Balaban J connectivity index is 2.87. The van der Waals surface area contributed by atoms with Gasteiger partial charge >= 0.3 is 5.97 Å². The Morgan fingerprint density at radius 3 is 2.89 bits per heavy atom. The van der Waals surface area contributed by atoms with Crippen molar-refractivity contribution in [3.63, 3.8) is 0 Å². The van der Waals surface area contributed by atoms with Crippen molar-refractivity contribution in [2.45, 2.75) is 6.92 Å². The van der Waals surface area contributed by atoms with Crippen LogP contribution in [0.4, 0.5) is 5.69 Å². The zero-order chi connectivity index (χ0) is 13.7. The van der Waals surface area contributed by atoms with E-state index in [1.54, 1.807) is 19.2 Å². The molecule has 1 unspecified atom stereocenters. The molecule has 5 nitrogen and oxygen atoms in total. The van der Waals surface area contributed by atoms with Crippen molar-refractivity contribution in [2.75, 3.05) is 25.6 Å². The SMILES string of the molecule is COC(=O)C(C)CN(C)c1cccnc1C(N)=S. The van der Waals surface area contributed by atoms with E-state index in [1.165, 1.54) is 7.11 Å². The molecule has 2 N–H and O–H groups in total. The summed E-state index contributed by atoms with van der Waals surface area (Å²) in [7, 11) is 3.24. The number of esters is 1. The molecule has 0 aromatic carbocycles. The third-order valence-corrected chi connectivity index (χ3v) is 2.78. The molecule has 0 aliphatic carbocycles. The van der Waals surface area contributed by atoms with E-state index in [2.05, 4.69) is 4.98 Å². The summed E-state index contributed by atoms with van der Waals surface area (Å²) in [5, 5.41) is 0. The Bertz CT molecular complexity index is 451. The van der Waals surface area contributed by atoms with Crippen LogP contribution < -0.4 is 10.6 Å². The first-order valence-corrected chi connectivity index (χ1v) is 5.92. The minimum atomic E-state index is -0.248. The van der Waals surface area contributed by atoms with Crippen LogP contribution in [-0.2, 0) is 9.53 Å². The molecule has 1 aromatic heterocycles. The molecule has 1 atom stereocenters. The summed E-state index contributed by atoms with van der Waals surface area (Å²) in [5.41, 5.74) is 6.99. The van der Waals surface area contributed by atoms with Gasteiger partial charge in [0.1, 0.15) is 10.7 Å². The molecule has 0 saturated carbocycles. The van der Waals surface area contributed by atoms with Gasteiger partial charge in [0.2, 0.25) is 0 Å². The van der Waals surface area contributed by atoms with E-state index in [0.717, 1.165) is 5.69 Å². The lowest BCUT2D eigenvalue weighted by atomic mass is 10.1. The number of nitrogens with two attached hydrogens (primary N) is 1. The fourth-order valence-corrected chi connectivity index (χ4v) is 1.84. The number of rotatable bonds is 5. The molecule has 0 aliphatic rings. The largest absolute Gasteiger partial charge is 0.469 e. The number of carbonyl (C=O) groups is 1. The van der Waals surface area contributed by atoms with Crippen LogP contribution in [0, 0.1) is 5.92 Å². The Labute approximate surface area is 112 Å². The molecule has 6 heteroatoms. The predicted molar refractivity (Wildman–Crippen MR) is 74.6 cm³/mol. The van der Waals surface area contributed by atoms with E-state index in [0.29, 0.717) is 12.2 Å². The standard InChI is InChI=1S/C12H17N3O2S/c1-8(12(16)17-3)7-15(2)9-5-4-6-14-10(9)11(13)18/h4-6,8H,7H2,1-3H3,(H2,13,18). The molecular formula is C12H17N3O2S. The number of thiocarbonyl (C=S) groups is 1. The molecule has 0 radical (unpaired) electrons. The number of aromatic nitrogens is 1. The lowest BCUT2D eigenvalue weighted by molar-refractivity contribution is -0.144. The van der Waals surface area contributed by atoms with Gasteiger partial charge in [0, 0.05) is 19.8 Å². The van der Waals surface area contributed by atoms with E-state index < -0.39 is 0 Å². The van der Waals surface area contributed by atoms with Gasteiger partial charge in [-0.2, -0.15) is 0 Å². The number of hydrogen-bond donors (Lipinski definition) is 1. The maximum Gasteiger partial charge on any atom is 0.310 e. The van der Waals surface area contributed by atoms with Crippen LogP contribution in [0.1, 0.15) is 12.6 Å². The van der Waals surface area contributed by atoms with Crippen molar-refractivity contribution in [1.82, 2.24) is 4.98 Å². The van der Waals surface area contributed by atoms with Crippen LogP contribution in [0.3, 0.4) is 0 Å². The first kappa shape index (κ1) is 14.4. The summed E-state index contributed by atoms with van der Waals surface area (Å²) < 4.78 is 4.69. The van der Waals surface area contributed by atoms with E-state index in [1.807, 2.05) is 18.0 Å². The normalized spacial score (nSPS) is 11.7. The minimum absolute atomic E-state index is 0.237. The average Bonchev–Trinajstić information content (AvgIpc) is 2.37. The van der Waals surface area contributed by atoms with Gasteiger partial charge in [-0.05, 0) is 12.1 Å². The van der Waals surface area contributed by atoms with E-state index in [9.17, 15) is 4.79 Å². The Kier molecular flexibility index (Phi) is 5.03. The molecular weight excluding hydrogens is 250 g/mol. The van der Waals surface area contributed by atoms with Crippen molar-refractivity contribution in [3.8, 4) is 0 Å². The maximum atomic E-state index is 11.4. The molecule has 98 valence electrons. The molecule has 0 spiro atoms. The second-order valence-electron chi connectivity index (χ2n) is 4.04. The second kappa shape index (κ2) is 6.30. The van der Waals surface area contributed by atoms with Gasteiger partial charge in [0.05, 0.1) is 18.7 Å². The van der Waals surface area contributed by atoms with E-state index >= 15 is 0 Å². The maximum absolute atomic E-state index is 11.4. The van der Waals surface area contributed by atoms with Gasteiger partial charge in [-0.3, -0.25) is 9.78 Å². The molecule has 0 aliphatic heterocycles. The van der Waals surface area contributed by atoms with E-state index in [4.69, 9.17) is 22.7 Å². The second-order valence-corrected chi connectivity index (χ2v) is 4.48. The highest BCUT2D eigenvalue weighted by Gasteiger charge is 2.18. The van der Waals surface area contributed by atoms with E-state index in [-0.39, 0.29) is 16.9 Å². The fourth-order valence-electron chi connectivity index (χ4n) is 1.68. The number of carbonyl (C=O) groups excluding carboxylic acids is 1. The Morgan fingerprint density at radius 1 is 1.67 bits per heavy atom. The number of pyridine rings is 1. The fraction of sp³-hybridized carbons (Fsp3) is 0.417. The van der Waals surface area contributed by atoms with Crippen molar-refractivity contribution in [1.29, 1.82) is 0 Å². The molecule has 1 aromatic rings. The van der Waals surface area contributed by atoms with Crippen LogP contribution in [0.5, 0.6) is 0 Å². The smallest absolute Gasteiger partial charge is 0.310 e. The summed E-state index contributed by atoms with van der Waals surface area (Å²) in [6.07, 6.45) is 1.63. The molecule has 18 heavy (non-hydrogen) atoms. The zero-order valence-corrected chi connectivity index (χ0v) is 11.5. The Morgan fingerprint density at radius 2 is 2.33 bits per heavy atom. The lowest BCUT2D eigenvalue weighted by Gasteiger charge is -2.23. The van der Waals surface area contributed by atoms with Crippen LogP contribution in [0.2, 0.25) is 0 Å². The Hall–Kier alpha value is -1.69. The van der Waals surface area contributed by atoms with Crippen molar-refractivity contribution in [3.05, 3.63) is 24.0 Å². The number of nitrogens with zero attached hydrogens (tertiary/aromatic N) is 2. The molecule has 0 saturated heterocycles. The number of hydrogen-bond acceptors (Lipinski definition) is 5. The van der Waals surface area contributed by atoms with Gasteiger partial charge in [-0.15, -0.1) is 0 Å². The average molecular weight is 267 g/mol. The highest BCUT2D eigenvalue weighted by Crippen LogP contribution is 2.18. The topological polar surface area (TPSA) is 68.5 Å². The van der Waals surface area contributed by atoms with Crippen LogP contribution >= 0.6 is 12.2 Å². The van der Waals surface area contributed by atoms with Crippen molar-refractivity contribution >= 4 is 28.9 Å². The van der Waals surface area contributed by atoms with Gasteiger partial charge < -0.3 is 15.4 Å². The lowest BCUT2D eigenvalue weighted by Crippen LogP contribution is -2.31. The first-order valence-electron chi connectivity index (χ1n) is 5.51. The summed E-state index contributed by atoms with van der Waals surface area (Å²) in [5.74, 6) is -0.484. The van der Waals surface area contributed by atoms with Gasteiger partial charge in [0.25, 0.3) is 0 Å². The minimum Gasteiger partial charge on any atom is -0.469 e. The third kappa shape index (κ3) is 3.40. The van der Waals surface area contributed by atoms with Crippen molar-refractivity contribution in [2.24, 2.45) is 11.7 Å². The third-order valence-electron chi connectivity index (χ3n) is 2.58. The molecule has 0 bridgehead atoms. The zero-order valence-electron chi connectivity index (χ0n) is 10.7. The van der Waals surface area contributed by atoms with Crippen LogP contribution in [0.25, 0.3) is 0 Å². The molecule has 1 rings (SSSR count). The van der Waals surface area contributed by atoms with Gasteiger partial charge in [0.15, 0.2) is 0 Å². The number of methoxy groups -OCH3 is 1. The molecule has 0 amide bonds. The number of ether oxygens (including phenoxy) is 1. The highest BCUT2D eigenvalue weighted by atomic mass is 32.1. The summed E-state index contributed by atoms with van der Waals surface area (Å²) in [6.45, 7) is 2.31. The van der Waals surface area contributed by atoms with Crippen LogP contribution in [-0.4, -0.2) is 36.6 Å². The predicted octanol–water partition coefficient (Wildman–Crippen LogP) is 0.961. The monoisotopic (exact) mass is 267 g/mol. The quantitative estimate of drug-likeness (QED) is 0.633. The summed E-state index contributed by atoms with van der Waals surface area (Å²) in [4.78, 5) is 17.7. The van der Waals surface area contributed by atoms with Gasteiger partial charge in [-0.1, -0.05) is 19.1 Å². The summed E-state index contributed by atoms with van der Waals surface area (Å²) >= 11 is 4.95. The molecule has 1 heterocycles.